The molecule has 88 valence electrons. The number of rotatable bonds is 4. The van der Waals surface area contributed by atoms with Crippen LogP contribution in [0.25, 0.3) is 0 Å². The van der Waals surface area contributed by atoms with Gasteiger partial charge in [-0.2, -0.15) is 0 Å². The second-order valence-corrected chi connectivity index (χ2v) is 5.48. The van der Waals surface area contributed by atoms with Crippen LogP contribution in [-0.4, -0.2) is 26.0 Å². The molecule has 0 bridgehead atoms. The van der Waals surface area contributed by atoms with Crippen molar-refractivity contribution < 1.29 is 0 Å². The van der Waals surface area contributed by atoms with Crippen LogP contribution in [0.4, 0.5) is 0 Å². The van der Waals surface area contributed by atoms with Gasteiger partial charge in [0.05, 0.1) is 6.04 Å². The summed E-state index contributed by atoms with van der Waals surface area (Å²) in [5.74, 6) is 0.661. The number of nitrogens with zero attached hydrogens (tertiary/aromatic N) is 4. The molecule has 0 saturated heterocycles. The topological polar surface area (TPSA) is 43.6 Å². The van der Waals surface area contributed by atoms with Crippen LogP contribution < -0.4 is 0 Å². The van der Waals surface area contributed by atoms with E-state index in [1.54, 1.807) is 11.8 Å². The number of hydrogen-bond donors (Lipinski definition) is 0. The van der Waals surface area contributed by atoms with Crippen molar-refractivity contribution >= 4 is 23.4 Å². The highest BCUT2D eigenvalue weighted by Gasteiger charge is 2.20. The van der Waals surface area contributed by atoms with Gasteiger partial charge >= 0.3 is 0 Å². The molecule has 0 atom stereocenters. The predicted molar refractivity (Wildman–Crippen MR) is 65.7 cm³/mol. The zero-order chi connectivity index (χ0) is 11.4. The van der Waals surface area contributed by atoms with Crippen molar-refractivity contribution in [1.29, 1.82) is 0 Å². The molecule has 1 heterocycles. The molecule has 6 heteroatoms. The van der Waals surface area contributed by atoms with Crippen molar-refractivity contribution in [3.63, 3.8) is 0 Å². The van der Waals surface area contributed by atoms with E-state index in [0.29, 0.717) is 16.8 Å². The van der Waals surface area contributed by atoms with Gasteiger partial charge in [0.2, 0.25) is 5.16 Å². The van der Waals surface area contributed by atoms with E-state index in [9.17, 15) is 0 Å². The molecule has 16 heavy (non-hydrogen) atoms. The Morgan fingerprint density at radius 1 is 1.44 bits per heavy atom. The van der Waals surface area contributed by atoms with Gasteiger partial charge in [-0.15, -0.1) is 5.10 Å². The Bertz CT molecular complexity index is 359. The molecule has 1 fully saturated rings. The lowest BCUT2D eigenvalue weighted by molar-refractivity contribution is 0.307. The number of hydrogen-bond acceptors (Lipinski definition) is 4. The molecule has 1 aliphatic rings. The maximum Gasteiger partial charge on any atom is 0.209 e. The predicted octanol–water partition coefficient (Wildman–Crippen LogP) is 3.02. The van der Waals surface area contributed by atoms with Gasteiger partial charge in [-0.3, -0.25) is 0 Å². The summed E-state index contributed by atoms with van der Waals surface area (Å²) in [6.07, 6.45) is 6.24. The first-order valence-corrected chi connectivity index (χ1v) is 6.87. The number of aromatic nitrogens is 4. The summed E-state index contributed by atoms with van der Waals surface area (Å²) in [6, 6.07) is 0.467. The van der Waals surface area contributed by atoms with Crippen LogP contribution in [0.1, 0.15) is 38.1 Å². The van der Waals surface area contributed by atoms with Crippen LogP contribution in [-0.2, 0) is 0 Å². The smallest absolute Gasteiger partial charge is 0.209 e. The summed E-state index contributed by atoms with van der Waals surface area (Å²) < 4.78 is 1.95. The van der Waals surface area contributed by atoms with Crippen molar-refractivity contribution in [2.75, 3.05) is 5.75 Å². The Balaban J connectivity index is 2.02. The van der Waals surface area contributed by atoms with Crippen LogP contribution in [0.3, 0.4) is 0 Å². The van der Waals surface area contributed by atoms with Crippen LogP contribution in [0.2, 0.25) is 0 Å². The molecule has 0 radical (unpaired) electrons. The van der Waals surface area contributed by atoms with E-state index >= 15 is 0 Å². The van der Waals surface area contributed by atoms with E-state index in [1.165, 1.54) is 32.1 Å². The summed E-state index contributed by atoms with van der Waals surface area (Å²) >= 11 is 7.29. The first-order valence-electron chi connectivity index (χ1n) is 5.51. The normalized spacial score (nSPS) is 17.6. The average molecular weight is 259 g/mol. The molecule has 0 N–H and O–H groups in total. The van der Waals surface area contributed by atoms with Gasteiger partial charge in [0.1, 0.15) is 0 Å². The molecule has 1 aromatic heterocycles. The van der Waals surface area contributed by atoms with Crippen LogP contribution in [0.15, 0.2) is 16.8 Å². The van der Waals surface area contributed by atoms with E-state index in [1.807, 2.05) is 4.68 Å². The van der Waals surface area contributed by atoms with Crippen molar-refractivity contribution in [3.8, 4) is 0 Å². The van der Waals surface area contributed by atoms with Gasteiger partial charge in [0, 0.05) is 10.8 Å². The van der Waals surface area contributed by atoms with Gasteiger partial charge < -0.3 is 0 Å². The van der Waals surface area contributed by atoms with Gasteiger partial charge in [-0.1, -0.05) is 49.2 Å². The van der Waals surface area contributed by atoms with Crippen molar-refractivity contribution in [2.24, 2.45) is 0 Å². The second-order valence-electron chi connectivity index (χ2n) is 4.00. The molecular weight excluding hydrogens is 244 g/mol. The lowest BCUT2D eigenvalue weighted by Crippen LogP contribution is -2.15. The van der Waals surface area contributed by atoms with E-state index < -0.39 is 0 Å². The maximum atomic E-state index is 5.74. The minimum Gasteiger partial charge on any atom is -0.217 e. The highest BCUT2D eigenvalue weighted by atomic mass is 35.5. The molecule has 4 nitrogen and oxygen atoms in total. The number of tetrazole rings is 1. The average Bonchev–Trinajstić information content (AvgIpc) is 2.75. The first-order chi connectivity index (χ1) is 7.77. The zero-order valence-corrected chi connectivity index (χ0v) is 10.7. The molecule has 0 spiro atoms. The Morgan fingerprint density at radius 2 is 2.19 bits per heavy atom. The van der Waals surface area contributed by atoms with Gasteiger partial charge in [0.15, 0.2) is 0 Å². The molecule has 1 aromatic rings. The molecule has 0 aromatic carbocycles. The van der Waals surface area contributed by atoms with Crippen LogP contribution in [0, 0.1) is 0 Å². The minimum absolute atomic E-state index is 0.467. The molecule has 0 aliphatic heterocycles. The van der Waals surface area contributed by atoms with Crippen molar-refractivity contribution in [2.45, 2.75) is 43.3 Å². The Labute approximate surface area is 104 Å². The Kier molecular flexibility index (Phi) is 4.23. The Morgan fingerprint density at radius 3 is 2.88 bits per heavy atom. The number of thioether (sulfide) groups is 1. The summed E-state index contributed by atoms with van der Waals surface area (Å²) in [5, 5.41) is 13.3. The number of halogens is 1. The van der Waals surface area contributed by atoms with Crippen LogP contribution >= 0.6 is 23.4 Å². The third-order valence-corrected chi connectivity index (χ3v) is 4.05. The van der Waals surface area contributed by atoms with E-state index in [-0.39, 0.29) is 0 Å². The zero-order valence-electron chi connectivity index (χ0n) is 9.10. The fourth-order valence-electron chi connectivity index (χ4n) is 1.98. The third-order valence-electron chi connectivity index (χ3n) is 2.74. The second kappa shape index (κ2) is 5.68. The summed E-state index contributed by atoms with van der Waals surface area (Å²) in [7, 11) is 0. The van der Waals surface area contributed by atoms with Crippen molar-refractivity contribution in [3.05, 3.63) is 11.6 Å². The van der Waals surface area contributed by atoms with Crippen LogP contribution in [0.5, 0.6) is 0 Å². The fraction of sp³-hybridized carbons (Fsp3) is 0.700. The molecule has 0 unspecified atom stereocenters. The monoisotopic (exact) mass is 258 g/mol. The largest absolute Gasteiger partial charge is 0.217 e. The minimum atomic E-state index is 0.467. The quantitative estimate of drug-likeness (QED) is 0.779. The lowest BCUT2D eigenvalue weighted by Gasteiger charge is -2.21. The summed E-state index contributed by atoms with van der Waals surface area (Å²) in [5.41, 5.74) is 0. The third kappa shape index (κ3) is 2.98. The highest BCUT2D eigenvalue weighted by Crippen LogP contribution is 2.30. The fourth-order valence-corrected chi connectivity index (χ4v) is 2.84. The molecule has 2 rings (SSSR count). The van der Waals surface area contributed by atoms with Crippen molar-refractivity contribution in [1.82, 2.24) is 20.2 Å². The highest BCUT2D eigenvalue weighted by molar-refractivity contribution is 7.99. The van der Waals surface area contributed by atoms with E-state index in [2.05, 4.69) is 22.1 Å². The van der Waals surface area contributed by atoms with Gasteiger partial charge in [0.25, 0.3) is 0 Å². The molecule has 1 saturated carbocycles. The molecule has 1 aliphatic carbocycles. The SMILES string of the molecule is C=C(Cl)CSc1nnnn1C1CCCCC1. The summed E-state index contributed by atoms with van der Waals surface area (Å²) in [4.78, 5) is 0. The van der Waals surface area contributed by atoms with Gasteiger partial charge in [-0.25, -0.2) is 4.68 Å². The first kappa shape index (κ1) is 11.9. The summed E-state index contributed by atoms with van der Waals surface area (Å²) in [6.45, 7) is 3.66. The standard InChI is InChI=1S/C10H15ClN4S/c1-8(11)7-16-10-12-13-14-15(10)9-5-3-2-4-6-9/h9H,1-7H2. The maximum absolute atomic E-state index is 5.74. The van der Waals surface area contributed by atoms with E-state index in [4.69, 9.17) is 11.6 Å². The van der Waals surface area contributed by atoms with Gasteiger partial charge in [-0.05, 0) is 23.3 Å². The lowest BCUT2D eigenvalue weighted by atomic mass is 9.96. The van der Waals surface area contributed by atoms with E-state index in [0.717, 1.165) is 5.16 Å². The molecular formula is C10H15ClN4S. The molecule has 0 amide bonds. The Hall–Kier alpha value is -0.550.